The molecule has 4 heteroatoms. The highest BCUT2D eigenvalue weighted by molar-refractivity contribution is 5.93. The summed E-state index contributed by atoms with van der Waals surface area (Å²) in [6.07, 6.45) is 0. The van der Waals surface area contributed by atoms with Gasteiger partial charge in [0.15, 0.2) is 0 Å². The van der Waals surface area contributed by atoms with Gasteiger partial charge in [-0.3, -0.25) is 0 Å². The fourth-order valence-corrected chi connectivity index (χ4v) is 1.93. The van der Waals surface area contributed by atoms with E-state index in [1.54, 1.807) is 6.07 Å². The number of carbonyl (C=O) groups is 1. The second-order valence-electron chi connectivity index (χ2n) is 4.75. The number of rotatable bonds is 1. The number of methoxy groups -OCH3 is 1. The summed E-state index contributed by atoms with van der Waals surface area (Å²) in [5, 5.41) is 3.30. The molecule has 0 fully saturated rings. The molecule has 0 saturated carbocycles. The number of ether oxygens (including phenoxy) is 2. The highest BCUT2D eigenvalue weighted by Gasteiger charge is 2.27. The fourth-order valence-electron chi connectivity index (χ4n) is 1.93. The van der Waals surface area contributed by atoms with E-state index in [2.05, 4.69) is 5.32 Å². The van der Waals surface area contributed by atoms with Crippen molar-refractivity contribution in [3.05, 3.63) is 29.3 Å². The standard InChI is InChI=1S/C13H17NO3/c1-13(2)8-14-7-9-5-4-6-10(11(9)17-13)12(15)16-3/h4-6,14H,7-8H2,1-3H3. The summed E-state index contributed by atoms with van der Waals surface area (Å²) < 4.78 is 10.7. The van der Waals surface area contributed by atoms with Crippen LogP contribution < -0.4 is 10.1 Å². The van der Waals surface area contributed by atoms with Crippen LogP contribution in [-0.4, -0.2) is 25.2 Å². The largest absolute Gasteiger partial charge is 0.485 e. The molecular weight excluding hydrogens is 218 g/mol. The summed E-state index contributed by atoms with van der Waals surface area (Å²) in [7, 11) is 1.38. The van der Waals surface area contributed by atoms with E-state index in [4.69, 9.17) is 9.47 Å². The van der Waals surface area contributed by atoms with E-state index in [-0.39, 0.29) is 11.6 Å². The minimum absolute atomic E-state index is 0.338. The molecule has 0 atom stereocenters. The second kappa shape index (κ2) is 4.37. The first-order valence-electron chi connectivity index (χ1n) is 5.63. The third-order valence-electron chi connectivity index (χ3n) is 2.75. The molecule has 1 N–H and O–H groups in total. The smallest absolute Gasteiger partial charge is 0.341 e. The summed E-state index contributed by atoms with van der Waals surface area (Å²) in [5.74, 6) is 0.272. The van der Waals surface area contributed by atoms with Gasteiger partial charge in [0, 0.05) is 18.7 Å². The van der Waals surface area contributed by atoms with Crippen LogP contribution in [0.3, 0.4) is 0 Å². The van der Waals surface area contributed by atoms with Gasteiger partial charge in [0.1, 0.15) is 16.9 Å². The predicted octanol–water partition coefficient (Wildman–Crippen LogP) is 1.73. The molecule has 0 amide bonds. The maximum absolute atomic E-state index is 11.7. The Morgan fingerprint density at radius 1 is 1.47 bits per heavy atom. The van der Waals surface area contributed by atoms with Crippen LogP contribution in [0.1, 0.15) is 29.8 Å². The first kappa shape index (κ1) is 11.9. The van der Waals surface area contributed by atoms with E-state index >= 15 is 0 Å². The summed E-state index contributed by atoms with van der Waals surface area (Å²) in [4.78, 5) is 11.7. The molecule has 0 spiro atoms. The van der Waals surface area contributed by atoms with Crippen molar-refractivity contribution in [1.82, 2.24) is 5.32 Å². The Morgan fingerprint density at radius 3 is 2.94 bits per heavy atom. The summed E-state index contributed by atoms with van der Waals surface area (Å²) in [6.45, 7) is 5.41. The van der Waals surface area contributed by atoms with Gasteiger partial charge in [-0.25, -0.2) is 4.79 Å². The lowest BCUT2D eigenvalue weighted by Crippen LogP contribution is -2.38. The SMILES string of the molecule is COC(=O)c1cccc2c1OC(C)(C)CNC2. The van der Waals surface area contributed by atoms with Crippen molar-refractivity contribution in [2.24, 2.45) is 0 Å². The summed E-state index contributed by atoms with van der Waals surface area (Å²) >= 11 is 0. The number of hydrogen-bond donors (Lipinski definition) is 1. The Bertz CT molecular complexity index is 440. The van der Waals surface area contributed by atoms with Crippen LogP contribution in [0.25, 0.3) is 0 Å². The van der Waals surface area contributed by atoms with E-state index in [9.17, 15) is 4.79 Å². The van der Waals surface area contributed by atoms with Gasteiger partial charge in [-0.1, -0.05) is 12.1 Å². The molecular formula is C13H17NO3. The monoisotopic (exact) mass is 235 g/mol. The van der Waals surface area contributed by atoms with Crippen LogP contribution in [0.5, 0.6) is 5.75 Å². The third kappa shape index (κ3) is 2.42. The maximum atomic E-state index is 11.7. The van der Waals surface area contributed by atoms with E-state index in [0.717, 1.165) is 12.1 Å². The first-order valence-corrected chi connectivity index (χ1v) is 5.63. The van der Waals surface area contributed by atoms with Crippen molar-refractivity contribution in [2.75, 3.05) is 13.7 Å². The van der Waals surface area contributed by atoms with Gasteiger partial charge >= 0.3 is 5.97 Å². The molecule has 0 aliphatic carbocycles. The molecule has 92 valence electrons. The first-order chi connectivity index (χ1) is 8.03. The Morgan fingerprint density at radius 2 is 2.24 bits per heavy atom. The van der Waals surface area contributed by atoms with Gasteiger partial charge in [0.05, 0.1) is 7.11 Å². The van der Waals surface area contributed by atoms with Crippen molar-refractivity contribution in [2.45, 2.75) is 26.0 Å². The number of carbonyl (C=O) groups excluding carboxylic acids is 1. The average Bonchev–Trinajstić information content (AvgIpc) is 2.44. The minimum atomic E-state index is -0.362. The summed E-state index contributed by atoms with van der Waals surface area (Å²) in [5.41, 5.74) is 1.13. The van der Waals surface area contributed by atoms with Crippen LogP contribution in [0.4, 0.5) is 0 Å². The van der Waals surface area contributed by atoms with Gasteiger partial charge in [0.2, 0.25) is 0 Å². The average molecular weight is 235 g/mol. The van der Waals surface area contributed by atoms with Crippen LogP contribution in [0.15, 0.2) is 18.2 Å². The minimum Gasteiger partial charge on any atom is -0.485 e. The van der Waals surface area contributed by atoms with Gasteiger partial charge < -0.3 is 14.8 Å². The van der Waals surface area contributed by atoms with Crippen molar-refractivity contribution < 1.29 is 14.3 Å². The van der Waals surface area contributed by atoms with Gasteiger partial charge in [-0.2, -0.15) is 0 Å². The van der Waals surface area contributed by atoms with Crippen molar-refractivity contribution in [1.29, 1.82) is 0 Å². The lowest BCUT2D eigenvalue weighted by molar-refractivity contribution is 0.0583. The van der Waals surface area contributed by atoms with Crippen molar-refractivity contribution >= 4 is 5.97 Å². The van der Waals surface area contributed by atoms with Crippen LogP contribution in [0, 0.1) is 0 Å². The Labute approximate surface area is 101 Å². The fraction of sp³-hybridized carbons (Fsp3) is 0.462. The molecule has 1 aromatic carbocycles. The highest BCUT2D eigenvalue weighted by atomic mass is 16.5. The molecule has 1 aliphatic heterocycles. The van der Waals surface area contributed by atoms with Crippen molar-refractivity contribution in [3.8, 4) is 5.75 Å². The number of nitrogens with one attached hydrogen (secondary N) is 1. The second-order valence-corrected chi connectivity index (χ2v) is 4.75. The van der Waals surface area contributed by atoms with Crippen LogP contribution in [-0.2, 0) is 11.3 Å². The molecule has 1 heterocycles. The molecule has 4 nitrogen and oxygen atoms in total. The maximum Gasteiger partial charge on any atom is 0.341 e. The zero-order valence-corrected chi connectivity index (χ0v) is 10.4. The van der Waals surface area contributed by atoms with E-state index in [1.165, 1.54) is 7.11 Å². The normalized spacial score (nSPS) is 17.6. The van der Waals surface area contributed by atoms with Gasteiger partial charge in [-0.15, -0.1) is 0 Å². The van der Waals surface area contributed by atoms with Crippen LogP contribution in [0.2, 0.25) is 0 Å². The van der Waals surface area contributed by atoms with E-state index in [1.807, 2.05) is 26.0 Å². The summed E-state index contributed by atoms with van der Waals surface area (Å²) in [6, 6.07) is 5.52. The predicted molar refractivity (Wildman–Crippen MR) is 64.2 cm³/mol. The topological polar surface area (TPSA) is 47.6 Å². The molecule has 0 unspecified atom stereocenters. The lowest BCUT2D eigenvalue weighted by atomic mass is 10.1. The molecule has 0 saturated heterocycles. The lowest BCUT2D eigenvalue weighted by Gasteiger charge is -2.25. The van der Waals surface area contributed by atoms with E-state index in [0.29, 0.717) is 17.9 Å². The third-order valence-corrected chi connectivity index (χ3v) is 2.75. The van der Waals surface area contributed by atoms with E-state index < -0.39 is 0 Å². The number of esters is 1. The zero-order chi connectivity index (χ0) is 12.5. The Hall–Kier alpha value is -1.55. The number of fused-ring (bicyclic) bond motifs is 1. The Kier molecular flexibility index (Phi) is 3.07. The molecule has 0 radical (unpaired) electrons. The van der Waals surface area contributed by atoms with Crippen LogP contribution >= 0.6 is 0 Å². The number of hydrogen-bond acceptors (Lipinski definition) is 4. The molecule has 17 heavy (non-hydrogen) atoms. The van der Waals surface area contributed by atoms with Crippen molar-refractivity contribution in [3.63, 3.8) is 0 Å². The zero-order valence-electron chi connectivity index (χ0n) is 10.4. The highest BCUT2D eigenvalue weighted by Crippen LogP contribution is 2.30. The van der Waals surface area contributed by atoms with Gasteiger partial charge in [0.25, 0.3) is 0 Å². The molecule has 1 aliphatic rings. The molecule has 0 bridgehead atoms. The molecule has 2 rings (SSSR count). The van der Waals surface area contributed by atoms with Gasteiger partial charge in [-0.05, 0) is 19.9 Å². The Balaban J connectivity index is 2.48. The molecule has 1 aromatic rings. The quantitative estimate of drug-likeness (QED) is 0.753. The molecule has 0 aromatic heterocycles. The number of para-hydroxylation sites is 1. The number of benzene rings is 1.